The average Bonchev–Trinajstić information content (AvgIpc) is 2.09. The van der Waals surface area contributed by atoms with Crippen molar-refractivity contribution in [3.63, 3.8) is 0 Å². The number of hydrogen-bond donors (Lipinski definition) is 3. The summed E-state index contributed by atoms with van der Waals surface area (Å²) in [5, 5.41) is 17.5. The first-order chi connectivity index (χ1) is 6.13. The van der Waals surface area contributed by atoms with E-state index < -0.39 is 24.0 Å². The molecule has 0 aliphatic rings. The SMILES string of the molecule is O=c1ccn(CC(O)CO)c(=O)[nH]1. The van der Waals surface area contributed by atoms with E-state index in [1.54, 1.807) is 0 Å². The smallest absolute Gasteiger partial charge is 0.328 e. The fourth-order valence-electron chi connectivity index (χ4n) is 0.873. The Morgan fingerprint density at radius 1 is 1.54 bits per heavy atom. The number of H-pyrrole nitrogens is 1. The van der Waals surface area contributed by atoms with Crippen LogP contribution in [0, 0.1) is 0 Å². The lowest BCUT2D eigenvalue weighted by Gasteiger charge is -2.08. The molecule has 0 amide bonds. The highest BCUT2D eigenvalue weighted by atomic mass is 16.3. The summed E-state index contributed by atoms with van der Waals surface area (Å²) in [5.41, 5.74) is -1.08. The minimum absolute atomic E-state index is 0.0356. The second-order valence-electron chi connectivity index (χ2n) is 2.60. The van der Waals surface area contributed by atoms with E-state index in [-0.39, 0.29) is 6.54 Å². The molecule has 72 valence electrons. The van der Waals surface area contributed by atoms with E-state index in [0.29, 0.717) is 0 Å². The molecular formula is C7H10N2O4. The quantitative estimate of drug-likeness (QED) is 0.503. The highest BCUT2D eigenvalue weighted by Gasteiger charge is 2.04. The van der Waals surface area contributed by atoms with Gasteiger partial charge in [0.2, 0.25) is 0 Å². The van der Waals surface area contributed by atoms with Gasteiger partial charge in [0.05, 0.1) is 19.3 Å². The molecule has 0 spiro atoms. The lowest BCUT2D eigenvalue weighted by atomic mass is 10.4. The number of rotatable bonds is 3. The normalized spacial score (nSPS) is 12.8. The predicted molar refractivity (Wildman–Crippen MR) is 44.4 cm³/mol. The van der Waals surface area contributed by atoms with E-state index >= 15 is 0 Å². The van der Waals surface area contributed by atoms with Crippen LogP contribution in [0.5, 0.6) is 0 Å². The zero-order valence-corrected chi connectivity index (χ0v) is 6.80. The number of nitrogens with zero attached hydrogens (tertiary/aromatic N) is 1. The Balaban J connectivity index is 2.90. The van der Waals surface area contributed by atoms with E-state index in [0.717, 1.165) is 4.57 Å². The first kappa shape index (κ1) is 9.69. The summed E-state index contributed by atoms with van der Waals surface area (Å²) in [5.74, 6) is 0. The monoisotopic (exact) mass is 186 g/mol. The van der Waals surface area contributed by atoms with Gasteiger partial charge in [-0.1, -0.05) is 0 Å². The molecule has 1 atom stereocenters. The maximum absolute atomic E-state index is 11.0. The van der Waals surface area contributed by atoms with Crippen LogP contribution in [0.15, 0.2) is 21.9 Å². The molecule has 1 unspecified atom stereocenters. The minimum atomic E-state index is -0.997. The van der Waals surface area contributed by atoms with Gasteiger partial charge in [-0.05, 0) is 0 Å². The topological polar surface area (TPSA) is 95.3 Å². The second kappa shape index (κ2) is 4.01. The third kappa shape index (κ3) is 2.53. The summed E-state index contributed by atoms with van der Waals surface area (Å²) in [6.07, 6.45) is 0.267. The Bertz CT molecular complexity index is 381. The van der Waals surface area contributed by atoms with Crippen LogP contribution in [0.3, 0.4) is 0 Å². The summed E-state index contributed by atoms with van der Waals surface area (Å²) in [6.45, 7) is -0.461. The van der Waals surface area contributed by atoms with Gasteiger partial charge >= 0.3 is 5.69 Å². The molecule has 0 saturated carbocycles. The van der Waals surface area contributed by atoms with Crippen molar-refractivity contribution in [3.8, 4) is 0 Å². The molecule has 1 heterocycles. The molecule has 0 saturated heterocycles. The second-order valence-corrected chi connectivity index (χ2v) is 2.60. The van der Waals surface area contributed by atoms with Crippen molar-refractivity contribution in [2.24, 2.45) is 0 Å². The van der Waals surface area contributed by atoms with Gasteiger partial charge in [-0.2, -0.15) is 0 Å². The Morgan fingerprint density at radius 3 is 2.77 bits per heavy atom. The van der Waals surface area contributed by atoms with E-state index in [4.69, 9.17) is 10.2 Å². The number of aliphatic hydroxyl groups excluding tert-OH is 2. The third-order valence-corrected chi connectivity index (χ3v) is 1.52. The first-order valence-electron chi connectivity index (χ1n) is 3.72. The number of hydrogen-bond acceptors (Lipinski definition) is 4. The van der Waals surface area contributed by atoms with Gasteiger partial charge in [0.25, 0.3) is 5.56 Å². The van der Waals surface area contributed by atoms with Crippen molar-refractivity contribution in [1.82, 2.24) is 9.55 Å². The summed E-state index contributed by atoms with van der Waals surface area (Å²) in [4.78, 5) is 23.7. The van der Waals surface area contributed by atoms with Crippen LogP contribution in [0.25, 0.3) is 0 Å². The van der Waals surface area contributed by atoms with Crippen molar-refractivity contribution < 1.29 is 10.2 Å². The number of aromatic nitrogens is 2. The van der Waals surface area contributed by atoms with Crippen LogP contribution in [0.2, 0.25) is 0 Å². The molecule has 0 aliphatic carbocycles. The fraction of sp³-hybridized carbons (Fsp3) is 0.429. The van der Waals surface area contributed by atoms with Crippen LogP contribution in [-0.2, 0) is 6.54 Å². The van der Waals surface area contributed by atoms with Crippen molar-refractivity contribution in [2.45, 2.75) is 12.6 Å². The van der Waals surface area contributed by atoms with Gasteiger partial charge in [0.15, 0.2) is 0 Å². The zero-order valence-electron chi connectivity index (χ0n) is 6.80. The molecule has 0 bridgehead atoms. The molecule has 13 heavy (non-hydrogen) atoms. The van der Waals surface area contributed by atoms with Crippen molar-refractivity contribution in [2.75, 3.05) is 6.61 Å². The molecule has 6 nitrogen and oxygen atoms in total. The Morgan fingerprint density at radius 2 is 2.23 bits per heavy atom. The van der Waals surface area contributed by atoms with Crippen LogP contribution >= 0.6 is 0 Å². The Kier molecular flexibility index (Phi) is 2.99. The molecule has 6 heteroatoms. The molecule has 0 radical (unpaired) electrons. The maximum Gasteiger partial charge on any atom is 0.328 e. The number of aliphatic hydroxyl groups is 2. The highest BCUT2D eigenvalue weighted by molar-refractivity contribution is 4.82. The molecule has 1 aromatic heterocycles. The van der Waals surface area contributed by atoms with Gasteiger partial charge < -0.3 is 10.2 Å². The van der Waals surface area contributed by atoms with Gasteiger partial charge in [-0.15, -0.1) is 0 Å². The highest BCUT2D eigenvalue weighted by Crippen LogP contribution is 1.84. The molecule has 0 aliphatic heterocycles. The Labute approximate surface area is 73.1 Å². The standard InChI is InChI=1S/C7H10N2O4/c10-4-5(11)3-9-2-1-6(12)8-7(9)13/h1-2,5,10-11H,3-4H2,(H,8,12,13). The number of aromatic amines is 1. The van der Waals surface area contributed by atoms with Crippen LogP contribution in [0.4, 0.5) is 0 Å². The van der Waals surface area contributed by atoms with Gasteiger partial charge in [-0.25, -0.2) is 4.79 Å². The third-order valence-electron chi connectivity index (χ3n) is 1.52. The van der Waals surface area contributed by atoms with E-state index in [9.17, 15) is 9.59 Å². The molecule has 0 fully saturated rings. The van der Waals surface area contributed by atoms with E-state index in [2.05, 4.69) is 0 Å². The average molecular weight is 186 g/mol. The van der Waals surface area contributed by atoms with Crippen LogP contribution < -0.4 is 11.2 Å². The van der Waals surface area contributed by atoms with Gasteiger partial charge in [-0.3, -0.25) is 14.3 Å². The summed E-state index contributed by atoms with van der Waals surface area (Å²) >= 11 is 0. The summed E-state index contributed by atoms with van der Waals surface area (Å²) in [6, 6.07) is 1.17. The molecular weight excluding hydrogens is 176 g/mol. The van der Waals surface area contributed by atoms with Gasteiger partial charge in [0.1, 0.15) is 0 Å². The molecule has 1 rings (SSSR count). The van der Waals surface area contributed by atoms with E-state index in [1.165, 1.54) is 12.3 Å². The minimum Gasteiger partial charge on any atom is -0.394 e. The Hall–Kier alpha value is -1.40. The van der Waals surface area contributed by atoms with E-state index in [1.807, 2.05) is 4.98 Å². The predicted octanol–water partition coefficient (Wildman–Crippen LogP) is -2.11. The fourth-order valence-corrected chi connectivity index (χ4v) is 0.873. The van der Waals surface area contributed by atoms with Crippen LogP contribution in [0.1, 0.15) is 0 Å². The van der Waals surface area contributed by atoms with Crippen LogP contribution in [-0.4, -0.2) is 32.5 Å². The largest absolute Gasteiger partial charge is 0.394 e. The maximum atomic E-state index is 11.0. The molecule has 3 N–H and O–H groups in total. The summed E-state index contributed by atoms with van der Waals surface area (Å²) in [7, 11) is 0. The van der Waals surface area contributed by atoms with Gasteiger partial charge in [0, 0.05) is 12.3 Å². The molecule has 0 aromatic carbocycles. The zero-order chi connectivity index (χ0) is 9.84. The summed E-state index contributed by atoms with van der Waals surface area (Å²) < 4.78 is 1.11. The lowest BCUT2D eigenvalue weighted by molar-refractivity contribution is 0.0800. The number of nitrogens with one attached hydrogen (secondary N) is 1. The van der Waals surface area contributed by atoms with Crippen molar-refractivity contribution >= 4 is 0 Å². The lowest BCUT2D eigenvalue weighted by Crippen LogP contribution is -2.33. The first-order valence-corrected chi connectivity index (χ1v) is 3.72. The van der Waals surface area contributed by atoms with Crippen molar-refractivity contribution in [3.05, 3.63) is 33.1 Å². The van der Waals surface area contributed by atoms with Crippen molar-refractivity contribution in [1.29, 1.82) is 0 Å². The molecule has 1 aromatic rings.